The minimum absolute atomic E-state index is 0.216. The lowest BCUT2D eigenvalue weighted by molar-refractivity contribution is 0.373. The monoisotopic (exact) mass is 422 g/mol. The van der Waals surface area contributed by atoms with Gasteiger partial charge in [0.15, 0.2) is 11.5 Å². The first-order valence-corrected chi connectivity index (χ1v) is 10.8. The van der Waals surface area contributed by atoms with Gasteiger partial charge in [-0.05, 0) is 49.6 Å². The molecule has 0 saturated heterocycles. The molecule has 0 heterocycles. The fourth-order valence-electron chi connectivity index (χ4n) is 2.76. The molecule has 2 aromatic rings. The Bertz CT molecular complexity index is 643. The van der Waals surface area contributed by atoms with Crippen LogP contribution in [0.1, 0.15) is 48.5 Å². The number of phenols is 1. The molecule has 0 aliphatic heterocycles. The van der Waals surface area contributed by atoms with Gasteiger partial charge in [-0.1, -0.05) is 59.0 Å². The highest BCUT2D eigenvalue weighted by molar-refractivity contribution is 9.09. The van der Waals surface area contributed by atoms with E-state index in [4.69, 9.17) is 4.74 Å². The van der Waals surface area contributed by atoms with Gasteiger partial charge in [0.05, 0.1) is 7.11 Å². The minimum atomic E-state index is 0.216. The van der Waals surface area contributed by atoms with Crippen LogP contribution < -0.4 is 4.74 Å². The Morgan fingerprint density at radius 1 is 1.04 bits per heavy atom. The van der Waals surface area contributed by atoms with Gasteiger partial charge < -0.3 is 9.84 Å². The molecule has 0 aromatic heterocycles. The van der Waals surface area contributed by atoms with Crippen molar-refractivity contribution in [2.45, 2.75) is 49.2 Å². The van der Waals surface area contributed by atoms with Crippen molar-refractivity contribution in [2.75, 3.05) is 12.4 Å². The van der Waals surface area contributed by atoms with E-state index in [0.29, 0.717) is 11.0 Å². The van der Waals surface area contributed by atoms with Gasteiger partial charge in [0.1, 0.15) is 0 Å². The molecule has 1 N–H and O–H groups in total. The lowest BCUT2D eigenvalue weighted by atomic mass is 10.0. The molecule has 0 fully saturated rings. The molecule has 136 valence electrons. The maximum Gasteiger partial charge on any atom is 0.160 e. The van der Waals surface area contributed by atoms with Gasteiger partial charge in [0.25, 0.3) is 0 Å². The smallest absolute Gasteiger partial charge is 0.160 e. The van der Waals surface area contributed by atoms with Crippen LogP contribution >= 0.6 is 27.7 Å². The Kier molecular flexibility index (Phi) is 8.70. The topological polar surface area (TPSA) is 29.5 Å². The van der Waals surface area contributed by atoms with Crippen LogP contribution in [0.2, 0.25) is 0 Å². The highest BCUT2D eigenvalue weighted by Gasteiger charge is 2.15. The molecule has 1 unspecified atom stereocenters. The lowest BCUT2D eigenvalue weighted by Gasteiger charge is -2.18. The van der Waals surface area contributed by atoms with E-state index < -0.39 is 0 Å². The number of ether oxygens (including phenoxy) is 1. The van der Waals surface area contributed by atoms with Gasteiger partial charge in [0.2, 0.25) is 0 Å². The first-order valence-electron chi connectivity index (χ1n) is 8.80. The van der Waals surface area contributed by atoms with E-state index in [1.165, 1.54) is 36.1 Å². The number of thioether (sulfide) groups is 1. The quantitative estimate of drug-likeness (QED) is 0.256. The summed E-state index contributed by atoms with van der Waals surface area (Å²) in [6, 6.07) is 14.5. The number of hydrogen-bond donors (Lipinski definition) is 1. The van der Waals surface area contributed by atoms with Crippen LogP contribution in [0.3, 0.4) is 0 Å². The highest BCUT2D eigenvalue weighted by atomic mass is 79.9. The Balaban J connectivity index is 2.10. The van der Waals surface area contributed by atoms with E-state index in [2.05, 4.69) is 53.2 Å². The number of alkyl halides is 1. The number of unbranched alkanes of at least 4 members (excludes halogenated alkanes) is 3. The number of phenolic OH excluding ortho intramolecular Hbond substituents is 1. The van der Waals surface area contributed by atoms with Gasteiger partial charge in [-0.2, -0.15) is 0 Å². The summed E-state index contributed by atoms with van der Waals surface area (Å²) in [5.41, 5.74) is 2.43. The van der Waals surface area contributed by atoms with Crippen LogP contribution in [-0.4, -0.2) is 17.5 Å². The van der Waals surface area contributed by atoms with Crippen molar-refractivity contribution in [3.63, 3.8) is 0 Å². The predicted molar refractivity (Wildman–Crippen MR) is 111 cm³/mol. The molecule has 4 heteroatoms. The summed E-state index contributed by atoms with van der Waals surface area (Å²) in [4.78, 5) is 1.27. The third-order valence-electron chi connectivity index (χ3n) is 4.22. The van der Waals surface area contributed by atoms with Crippen molar-refractivity contribution in [1.29, 1.82) is 0 Å². The summed E-state index contributed by atoms with van der Waals surface area (Å²) in [5, 5.41) is 11.6. The van der Waals surface area contributed by atoms with Crippen LogP contribution in [0, 0.1) is 6.92 Å². The lowest BCUT2D eigenvalue weighted by Crippen LogP contribution is -1.96. The van der Waals surface area contributed by atoms with Gasteiger partial charge in [-0.25, -0.2) is 0 Å². The summed E-state index contributed by atoms with van der Waals surface area (Å²) in [6.07, 6.45) is 6.05. The summed E-state index contributed by atoms with van der Waals surface area (Å²) >= 11 is 5.37. The molecule has 0 aliphatic carbocycles. The van der Waals surface area contributed by atoms with Crippen molar-refractivity contribution in [3.8, 4) is 11.5 Å². The van der Waals surface area contributed by atoms with Crippen LogP contribution in [0.25, 0.3) is 0 Å². The summed E-state index contributed by atoms with van der Waals surface area (Å²) in [7, 11) is 1.58. The standard InChI is InChI=1S/C21H27BrO2S/c1-16-8-11-18(12-9-16)25-21(7-5-3-4-6-14-22)17-10-13-20(24-2)19(23)15-17/h8-13,15,21,23H,3-7,14H2,1-2H3. The molecule has 0 bridgehead atoms. The Labute approximate surface area is 164 Å². The number of methoxy groups -OCH3 is 1. The molecule has 0 amide bonds. The normalized spacial score (nSPS) is 12.1. The van der Waals surface area contributed by atoms with E-state index in [-0.39, 0.29) is 5.75 Å². The second-order valence-electron chi connectivity index (χ2n) is 6.24. The van der Waals surface area contributed by atoms with Crippen molar-refractivity contribution < 1.29 is 9.84 Å². The molecule has 2 nitrogen and oxygen atoms in total. The van der Waals surface area contributed by atoms with Gasteiger partial charge in [-0.3, -0.25) is 0 Å². The average Bonchev–Trinajstić information content (AvgIpc) is 2.62. The molecule has 2 aromatic carbocycles. The minimum Gasteiger partial charge on any atom is -0.504 e. The Morgan fingerprint density at radius 2 is 1.76 bits per heavy atom. The second kappa shape index (κ2) is 10.8. The number of hydrogen-bond acceptors (Lipinski definition) is 3. The van der Waals surface area contributed by atoms with E-state index in [1.54, 1.807) is 7.11 Å². The van der Waals surface area contributed by atoms with Crippen LogP contribution in [0.5, 0.6) is 11.5 Å². The number of aromatic hydroxyl groups is 1. The van der Waals surface area contributed by atoms with Crippen LogP contribution in [0.15, 0.2) is 47.4 Å². The van der Waals surface area contributed by atoms with E-state index in [1.807, 2.05) is 23.9 Å². The second-order valence-corrected chi connectivity index (χ2v) is 8.31. The third kappa shape index (κ3) is 6.59. The molecule has 2 rings (SSSR count). The molecule has 1 atom stereocenters. The summed E-state index contributed by atoms with van der Waals surface area (Å²) in [5.74, 6) is 0.744. The van der Waals surface area contributed by atoms with Gasteiger partial charge in [0, 0.05) is 15.5 Å². The fourth-order valence-corrected chi connectivity index (χ4v) is 4.35. The Hall–Kier alpha value is -1.13. The van der Waals surface area contributed by atoms with E-state index in [9.17, 15) is 5.11 Å². The zero-order valence-corrected chi connectivity index (χ0v) is 17.4. The summed E-state index contributed by atoms with van der Waals surface area (Å²) in [6.45, 7) is 2.11. The van der Waals surface area contributed by atoms with Gasteiger partial charge >= 0.3 is 0 Å². The maximum absolute atomic E-state index is 10.1. The number of rotatable bonds is 10. The molecule has 0 aliphatic rings. The number of halogens is 1. The first-order chi connectivity index (χ1) is 12.1. The SMILES string of the molecule is COc1ccc(C(CCCCCCBr)Sc2ccc(C)cc2)cc1O. The number of aryl methyl sites for hydroxylation is 1. The highest BCUT2D eigenvalue weighted by Crippen LogP contribution is 2.41. The Morgan fingerprint density at radius 3 is 2.40 bits per heavy atom. The maximum atomic E-state index is 10.1. The van der Waals surface area contributed by atoms with Gasteiger partial charge in [-0.15, -0.1) is 11.8 Å². The zero-order valence-electron chi connectivity index (χ0n) is 15.0. The molecular formula is C21H27BrO2S. The first kappa shape index (κ1) is 20.2. The average molecular weight is 423 g/mol. The van der Waals surface area contributed by atoms with Crippen LogP contribution in [-0.2, 0) is 0 Å². The molecular weight excluding hydrogens is 396 g/mol. The summed E-state index contributed by atoms with van der Waals surface area (Å²) < 4.78 is 5.18. The van der Waals surface area contributed by atoms with E-state index in [0.717, 1.165) is 17.3 Å². The predicted octanol–water partition coefficient (Wildman–Crippen LogP) is 6.89. The van der Waals surface area contributed by atoms with E-state index >= 15 is 0 Å². The van der Waals surface area contributed by atoms with Crippen LogP contribution in [0.4, 0.5) is 0 Å². The molecule has 25 heavy (non-hydrogen) atoms. The molecule has 0 spiro atoms. The van der Waals surface area contributed by atoms with Crippen molar-refractivity contribution in [2.24, 2.45) is 0 Å². The zero-order chi connectivity index (χ0) is 18.1. The molecule has 0 radical (unpaired) electrons. The number of benzene rings is 2. The third-order valence-corrected chi connectivity index (χ3v) is 6.12. The largest absolute Gasteiger partial charge is 0.504 e. The fraction of sp³-hybridized carbons (Fsp3) is 0.429. The molecule has 0 saturated carbocycles. The van der Waals surface area contributed by atoms with Crippen molar-refractivity contribution in [1.82, 2.24) is 0 Å². The van der Waals surface area contributed by atoms with Crippen molar-refractivity contribution >= 4 is 27.7 Å². The van der Waals surface area contributed by atoms with Crippen molar-refractivity contribution in [3.05, 3.63) is 53.6 Å².